The molecule has 0 aromatic heterocycles. The van der Waals surface area contributed by atoms with Gasteiger partial charge in [0.2, 0.25) is 0 Å². The van der Waals surface area contributed by atoms with Gasteiger partial charge in [-0.3, -0.25) is 0 Å². The van der Waals surface area contributed by atoms with E-state index in [2.05, 4.69) is 24.3 Å². The molecule has 4 atom stereocenters. The zero-order valence-corrected chi connectivity index (χ0v) is 21.1. The molecule has 182 valence electrons. The van der Waals surface area contributed by atoms with Crippen molar-refractivity contribution in [2.45, 2.75) is 115 Å². The molecular formula is C30H50O2. The summed E-state index contributed by atoms with van der Waals surface area (Å²) in [5.74, 6) is 5.00. The molecule has 4 aliphatic rings. The van der Waals surface area contributed by atoms with Gasteiger partial charge in [-0.05, 0) is 101 Å². The first-order valence-corrected chi connectivity index (χ1v) is 14.2. The van der Waals surface area contributed by atoms with Gasteiger partial charge in [0.05, 0.1) is 12.2 Å². The first-order valence-electron chi connectivity index (χ1n) is 14.2. The predicted molar refractivity (Wildman–Crippen MR) is 135 cm³/mol. The van der Waals surface area contributed by atoms with E-state index in [1.807, 2.05) is 14.2 Å². The summed E-state index contributed by atoms with van der Waals surface area (Å²) in [4.78, 5) is 0. The van der Waals surface area contributed by atoms with Crippen molar-refractivity contribution in [1.82, 2.24) is 0 Å². The van der Waals surface area contributed by atoms with Crippen LogP contribution >= 0.6 is 0 Å². The lowest BCUT2D eigenvalue weighted by Crippen LogP contribution is -2.27. The second-order valence-corrected chi connectivity index (χ2v) is 11.6. The van der Waals surface area contributed by atoms with E-state index >= 15 is 0 Å². The maximum absolute atomic E-state index is 5.75. The number of hydrogen-bond acceptors (Lipinski definition) is 2. The van der Waals surface area contributed by atoms with Crippen molar-refractivity contribution in [3.8, 4) is 0 Å². The molecule has 0 bridgehead atoms. The quantitative estimate of drug-likeness (QED) is 0.371. The molecule has 4 unspecified atom stereocenters. The Hall–Kier alpha value is -0.600. The van der Waals surface area contributed by atoms with Crippen LogP contribution in [0.2, 0.25) is 0 Å². The van der Waals surface area contributed by atoms with Gasteiger partial charge in [0.25, 0.3) is 0 Å². The molecule has 0 saturated heterocycles. The fourth-order valence-electron chi connectivity index (χ4n) is 7.49. The summed E-state index contributed by atoms with van der Waals surface area (Å²) in [6.07, 6.45) is 33.4. The zero-order valence-electron chi connectivity index (χ0n) is 21.1. The summed E-state index contributed by atoms with van der Waals surface area (Å²) >= 11 is 0. The highest BCUT2D eigenvalue weighted by Crippen LogP contribution is 2.42. The fourth-order valence-corrected chi connectivity index (χ4v) is 7.49. The van der Waals surface area contributed by atoms with Crippen molar-refractivity contribution in [1.29, 1.82) is 0 Å². The Kier molecular flexibility index (Phi) is 9.77. The average molecular weight is 443 g/mol. The maximum Gasteiger partial charge on any atom is 0.0633 e. The van der Waals surface area contributed by atoms with Crippen LogP contribution in [-0.2, 0) is 9.47 Å². The van der Waals surface area contributed by atoms with E-state index in [9.17, 15) is 0 Å². The first-order chi connectivity index (χ1) is 15.8. The van der Waals surface area contributed by atoms with E-state index < -0.39 is 0 Å². The summed E-state index contributed by atoms with van der Waals surface area (Å²) in [5, 5.41) is 0. The van der Waals surface area contributed by atoms with Crippen LogP contribution in [0.3, 0.4) is 0 Å². The normalized spacial score (nSPS) is 41.9. The topological polar surface area (TPSA) is 18.5 Å². The van der Waals surface area contributed by atoms with Crippen LogP contribution in [0.4, 0.5) is 0 Å². The molecule has 0 N–H and O–H groups in total. The highest BCUT2D eigenvalue weighted by molar-refractivity contribution is 5.00. The molecule has 32 heavy (non-hydrogen) atoms. The minimum atomic E-state index is 0.471. The Labute approximate surface area is 198 Å². The number of hydrogen-bond donors (Lipinski definition) is 0. The summed E-state index contributed by atoms with van der Waals surface area (Å²) in [7, 11) is 3.80. The zero-order chi connectivity index (χ0) is 22.2. The van der Waals surface area contributed by atoms with Gasteiger partial charge >= 0.3 is 0 Å². The van der Waals surface area contributed by atoms with E-state index in [0.29, 0.717) is 24.0 Å². The summed E-state index contributed by atoms with van der Waals surface area (Å²) in [6.45, 7) is 0. The van der Waals surface area contributed by atoms with Crippen molar-refractivity contribution in [2.75, 3.05) is 14.2 Å². The minimum absolute atomic E-state index is 0.471. The van der Waals surface area contributed by atoms with Gasteiger partial charge in [-0.15, -0.1) is 0 Å². The van der Waals surface area contributed by atoms with Crippen LogP contribution in [-0.4, -0.2) is 26.4 Å². The van der Waals surface area contributed by atoms with Gasteiger partial charge in [0.15, 0.2) is 0 Å². The van der Waals surface area contributed by atoms with E-state index in [4.69, 9.17) is 9.47 Å². The number of allylic oxidation sites excluding steroid dienone is 2. The van der Waals surface area contributed by atoms with Crippen LogP contribution in [0, 0.1) is 35.5 Å². The SMILES string of the molecule is COC1CCCCC1/C=C/C1CCC(C2CCC(/C=C/C3CCCCC3OC)CC2)CC1. The minimum Gasteiger partial charge on any atom is -0.381 e. The molecule has 4 fully saturated rings. The number of rotatable bonds is 7. The van der Waals surface area contributed by atoms with Gasteiger partial charge < -0.3 is 9.47 Å². The molecule has 2 nitrogen and oxygen atoms in total. The van der Waals surface area contributed by atoms with E-state index in [1.165, 1.54) is 103 Å². The standard InChI is InChI=1S/C30H50O2/c1-31-29-9-5-3-7-27(29)21-15-23-11-17-25(18-12-23)26-19-13-24(14-20-26)16-22-28-8-4-6-10-30(28)32-2/h15-16,21-30H,3-14,17-20H2,1-2H3/b21-15+,22-16+. The Morgan fingerprint density at radius 3 is 1.19 bits per heavy atom. The largest absolute Gasteiger partial charge is 0.381 e. The van der Waals surface area contributed by atoms with Crippen molar-refractivity contribution in [2.24, 2.45) is 35.5 Å². The molecule has 4 rings (SSSR count). The van der Waals surface area contributed by atoms with Gasteiger partial charge in [-0.25, -0.2) is 0 Å². The first kappa shape index (κ1) is 24.5. The van der Waals surface area contributed by atoms with E-state index in [-0.39, 0.29) is 0 Å². The second kappa shape index (κ2) is 12.7. The van der Waals surface area contributed by atoms with Crippen molar-refractivity contribution < 1.29 is 9.47 Å². The van der Waals surface area contributed by atoms with Crippen LogP contribution in [0.5, 0.6) is 0 Å². The molecule has 0 aromatic carbocycles. The number of methoxy groups -OCH3 is 2. The van der Waals surface area contributed by atoms with Crippen LogP contribution in [0.1, 0.15) is 103 Å². The highest BCUT2D eigenvalue weighted by Gasteiger charge is 2.31. The maximum atomic E-state index is 5.75. The molecule has 4 aliphatic carbocycles. The molecule has 0 amide bonds. The number of ether oxygens (including phenoxy) is 2. The van der Waals surface area contributed by atoms with E-state index in [0.717, 1.165) is 23.7 Å². The third-order valence-corrected chi connectivity index (χ3v) is 9.67. The molecule has 0 aromatic rings. The van der Waals surface area contributed by atoms with Crippen LogP contribution in [0.15, 0.2) is 24.3 Å². The lowest BCUT2D eigenvalue weighted by Gasteiger charge is -2.37. The molecule has 0 radical (unpaired) electrons. The van der Waals surface area contributed by atoms with Crippen molar-refractivity contribution in [3.63, 3.8) is 0 Å². The summed E-state index contributed by atoms with van der Waals surface area (Å²) < 4.78 is 11.5. The summed E-state index contributed by atoms with van der Waals surface area (Å²) in [5.41, 5.74) is 0. The molecular weight excluding hydrogens is 392 g/mol. The average Bonchev–Trinajstić information content (AvgIpc) is 2.87. The fraction of sp³-hybridized carbons (Fsp3) is 0.867. The van der Waals surface area contributed by atoms with Crippen LogP contribution in [0.25, 0.3) is 0 Å². The predicted octanol–water partition coefficient (Wildman–Crippen LogP) is 8.12. The molecule has 0 spiro atoms. The Morgan fingerprint density at radius 1 is 0.438 bits per heavy atom. The monoisotopic (exact) mass is 442 g/mol. The third-order valence-electron chi connectivity index (χ3n) is 9.67. The van der Waals surface area contributed by atoms with E-state index in [1.54, 1.807) is 0 Å². The highest BCUT2D eigenvalue weighted by atomic mass is 16.5. The molecule has 2 heteroatoms. The Morgan fingerprint density at radius 2 is 0.812 bits per heavy atom. The smallest absolute Gasteiger partial charge is 0.0633 e. The van der Waals surface area contributed by atoms with Gasteiger partial charge in [0.1, 0.15) is 0 Å². The van der Waals surface area contributed by atoms with Crippen molar-refractivity contribution in [3.05, 3.63) is 24.3 Å². The second-order valence-electron chi connectivity index (χ2n) is 11.6. The van der Waals surface area contributed by atoms with Crippen molar-refractivity contribution >= 4 is 0 Å². The lowest BCUT2D eigenvalue weighted by atomic mass is 9.69. The van der Waals surface area contributed by atoms with Gasteiger partial charge in [0, 0.05) is 26.1 Å². The van der Waals surface area contributed by atoms with Gasteiger partial charge in [-0.2, -0.15) is 0 Å². The molecule has 0 aliphatic heterocycles. The van der Waals surface area contributed by atoms with Crippen LogP contribution < -0.4 is 0 Å². The Bertz CT molecular complexity index is 528. The summed E-state index contributed by atoms with van der Waals surface area (Å²) in [6, 6.07) is 0. The molecule has 4 saturated carbocycles. The Balaban J connectivity index is 1.16. The van der Waals surface area contributed by atoms with Gasteiger partial charge in [-0.1, -0.05) is 50.0 Å². The lowest BCUT2D eigenvalue weighted by molar-refractivity contribution is 0.0411. The third kappa shape index (κ3) is 6.72. The molecule has 0 heterocycles.